The Morgan fingerprint density at radius 2 is 1.77 bits per heavy atom. The molecule has 4 rings (SSSR count). The second kappa shape index (κ2) is 5.65. The Hall–Kier alpha value is -2.00. The predicted molar refractivity (Wildman–Crippen MR) is 89.6 cm³/mol. The monoisotopic (exact) mass is 312 g/mol. The molecule has 0 saturated carbocycles. The summed E-state index contributed by atoms with van der Waals surface area (Å²) in [7, 11) is 0. The number of aliphatic imine (C=N–C) groups is 1. The lowest BCUT2D eigenvalue weighted by atomic mass is 10.1. The molecule has 0 radical (unpaired) electrons. The minimum Gasteiger partial charge on any atom is -0.454 e. The third-order valence-corrected chi connectivity index (χ3v) is 4.38. The SMILES string of the molecule is Clc1ccc2c(c1)C(N1CCCCC1)=Nc1ccccc1O2. The normalized spacial score (nSPS) is 17.0. The molecule has 0 aliphatic carbocycles. The fourth-order valence-corrected chi connectivity index (χ4v) is 3.21. The number of nitrogens with zero attached hydrogens (tertiary/aromatic N) is 2. The van der Waals surface area contributed by atoms with Crippen LogP contribution in [0.1, 0.15) is 24.8 Å². The number of rotatable bonds is 0. The standard InChI is InChI=1S/C18H17ClN2O/c19-13-8-9-16-14(12-13)18(21-10-4-1-5-11-21)20-15-6-2-3-7-17(15)22-16/h2-3,6-9,12H,1,4-5,10-11H2. The summed E-state index contributed by atoms with van der Waals surface area (Å²) in [4.78, 5) is 7.26. The van der Waals surface area contributed by atoms with Crippen molar-refractivity contribution in [2.75, 3.05) is 13.1 Å². The van der Waals surface area contributed by atoms with E-state index in [0.717, 1.165) is 41.7 Å². The quantitative estimate of drug-likeness (QED) is 0.683. The molecule has 0 aromatic heterocycles. The Morgan fingerprint density at radius 1 is 0.955 bits per heavy atom. The van der Waals surface area contributed by atoms with Gasteiger partial charge in [0.2, 0.25) is 0 Å². The second-order valence-electron chi connectivity index (χ2n) is 5.69. The van der Waals surface area contributed by atoms with Gasteiger partial charge in [0.1, 0.15) is 17.3 Å². The lowest BCUT2D eigenvalue weighted by molar-refractivity contribution is 0.342. The Morgan fingerprint density at radius 3 is 2.64 bits per heavy atom. The first-order valence-electron chi connectivity index (χ1n) is 7.72. The van der Waals surface area contributed by atoms with Gasteiger partial charge >= 0.3 is 0 Å². The molecule has 0 amide bonds. The van der Waals surface area contributed by atoms with E-state index in [4.69, 9.17) is 21.3 Å². The van der Waals surface area contributed by atoms with Crippen LogP contribution in [0.5, 0.6) is 11.5 Å². The zero-order chi connectivity index (χ0) is 14.9. The molecule has 3 nitrogen and oxygen atoms in total. The number of hydrogen-bond donors (Lipinski definition) is 0. The van der Waals surface area contributed by atoms with Crippen molar-refractivity contribution in [1.82, 2.24) is 4.90 Å². The number of hydrogen-bond acceptors (Lipinski definition) is 3. The first-order chi connectivity index (χ1) is 10.8. The van der Waals surface area contributed by atoms with E-state index in [9.17, 15) is 0 Å². The molecule has 2 aromatic carbocycles. The van der Waals surface area contributed by atoms with Crippen LogP contribution >= 0.6 is 11.6 Å². The van der Waals surface area contributed by atoms with E-state index < -0.39 is 0 Å². The van der Waals surface area contributed by atoms with Gasteiger partial charge in [-0.05, 0) is 49.6 Å². The van der Waals surface area contributed by atoms with E-state index in [2.05, 4.69) is 4.90 Å². The molecule has 1 fully saturated rings. The topological polar surface area (TPSA) is 24.8 Å². The minimum absolute atomic E-state index is 0.706. The average Bonchev–Trinajstić information content (AvgIpc) is 2.72. The number of ether oxygens (including phenoxy) is 1. The molecule has 2 aliphatic rings. The third kappa shape index (κ3) is 2.46. The summed E-state index contributed by atoms with van der Waals surface area (Å²) in [6, 6.07) is 13.7. The molecule has 0 N–H and O–H groups in total. The maximum Gasteiger partial charge on any atom is 0.153 e. The first-order valence-corrected chi connectivity index (χ1v) is 8.09. The Labute approximate surface area is 135 Å². The Kier molecular flexibility index (Phi) is 3.51. The molecular formula is C18H17ClN2O. The molecule has 0 bridgehead atoms. The number of benzene rings is 2. The highest BCUT2D eigenvalue weighted by Crippen LogP contribution is 2.39. The van der Waals surface area contributed by atoms with Crippen LogP contribution in [0.3, 0.4) is 0 Å². The van der Waals surface area contributed by atoms with Crippen LogP contribution in [-0.2, 0) is 0 Å². The number of likely N-dealkylation sites (tertiary alicyclic amines) is 1. The zero-order valence-corrected chi connectivity index (χ0v) is 13.0. The molecule has 2 heterocycles. The van der Waals surface area contributed by atoms with Gasteiger partial charge in [0.25, 0.3) is 0 Å². The fraction of sp³-hybridized carbons (Fsp3) is 0.278. The van der Waals surface area contributed by atoms with Crippen LogP contribution in [0.2, 0.25) is 5.02 Å². The van der Waals surface area contributed by atoms with Crippen LogP contribution < -0.4 is 4.74 Å². The molecule has 22 heavy (non-hydrogen) atoms. The van der Waals surface area contributed by atoms with Crippen molar-refractivity contribution in [1.29, 1.82) is 0 Å². The van der Waals surface area contributed by atoms with Crippen LogP contribution in [0.25, 0.3) is 0 Å². The summed E-state index contributed by atoms with van der Waals surface area (Å²) in [5, 5.41) is 0.706. The lowest BCUT2D eigenvalue weighted by Gasteiger charge is -2.30. The van der Waals surface area contributed by atoms with Gasteiger partial charge in [-0.25, -0.2) is 4.99 Å². The summed E-state index contributed by atoms with van der Waals surface area (Å²) in [6.45, 7) is 2.07. The maximum atomic E-state index is 6.22. The molecular weight excluding hydrogens is 296 g/mol. The largest absolute Gasteiger partial charge is 0.454 e. The molecule has 0 atom stereocenters. The number of amidine groups is 1. The number of halogens is 1. The smallest absolute Gasteiger partial charge is 0.153 e. The summed E-state index contributed by atoms with van der Waals surface area (Å²) in [6.07, 6.45) is 3.70. The zero-order valence-electron chi connectivity index (χ0n) is 12.3. The summed E-state index contributed by atoms with van der Waals surface area (Å²) < 4.78 is 6.08. The van der Waals surface area contributed by atoms with Crippen molar-refractivity contribution < 1.29 is 4.74 Å². The Bertz CT molecular complexity index is 736. The molecule has 0 unspecified atom stereocenters. The van der Waals surface area contributed by atoms with Crippen LogP contribution in [0.4, 0.5) is 5.69 Å². The summed E-state index contributed by atoms with van der Waals surface area (Å²) >= 11 is 6.22. The van der Waals surface area contributed by atoms with Gasteiger partial charge in [0.15, 0.2) is 5.75 Å². The maximum absolute atomic E-state index is 6.22. The first kappa shape index (κ1) is 13.6. The van der Waals surface area contributed by atoms with E-state index >= 15 is 0 Å². The highest BCUT2D eigenvalue weighted by atomic mass is 35.5. The average molecular weight is 313 g/mol. The van der Waals surface area contributed by atoms with Crippen molar-refractivity contribution >= 4 is 23.1 Å². The van der Waals surface area contributed by atoms with Crippen molar-refractivity contribution in [2.24, 2.45) is 4.99 Å². The van der Waals surface area contributed by atoms with Gasteiger partial charge < -0.3 is 9.64 Å². The number of para-hydroxylation sites is 2. The van der Waals surface area contributed by atoms with Crippen molar-refractivity contribution in [3.05, 3.63) is 53.1 Å². The summed E-state index contributed by atoms with van der Waals surface area (Å²) in [5.74, 6) is 2.58. The molecule has 1 saturated heterocycles. The van der Waals surface area contributed by atoms with Crippen molar-refractivity contribution in [3.8, 4) is 11.5 Å². The van der Waals surface area contributed by atoms with Crippen LogP contribution in [0.15, 0.2) is 47.5 Å². The molecule has 2 aliphatic heterocycles. The van der Waals surface area contributed by atoms with Gasteiger partial charge in [-0.1, -0.05) is 23.7 Å². The van der Waals surface area contributed by atoms with Gasteiger partial charge in [0, 0.05) is 18.1 Å². The lowest BCUT2D eigenvalue weighted by Crippen LogP contribution is -2.36. The van der Waals surface area contributed by atoms with Crippen LogP contribution in [0, 0.1) is 0 Å². The minimum atomic E-state index is 0.706. The van der Waals surface area contributed by atoms with E-state index in [1.807, 2.05) is 42.5 Å². The van der Waals surface area contributed by atoms with Crippen LogP contribution in [-0.4, -0.2) is 23.8 Å². The van der Waals surface area contributed by atoms with E-state index in [1.54, 1.807) is 0 Å². The van der Waals surface area contributed by atoms with Crippen molar-refractivity contribution in [3.63, 3.8) is 0 Å². The second-order valence-corrected chi connectivity index (χ2v) is 6.13. The highest BCUT2D eigenvalue weighted by molar-refractivity contribution is 6.31. The summed E-state index contributed by atoms with van der Waals surface area (Å²) in [5.41, 5.74) is 1.85. The van der Waals surface area contributed by atoms with E-state index in [1.165, 1.54) is 19.3 Å². The van der Waals surface area contributed by atoms with Gasteiger partial charge in [-0.2, -0.15) is 0 Å². The number of fused-ring (bicyclic) bond motifs is 2. The third-order valence-electron chi connectivity index (χ3n) is 4.15. The van der Waals surface area contributed by atoms with Gasteiger partial charge in [0.05, 0.1) is 5.56 Å². The fourth-order valence-electron chi connectivity index (χ4n) is 3.04. The van der Waals surface area contributed by atoms with E-state index in [0.29, 0.717) is 5.02 Å². The molecule has 0 spiro atoms. The molecule has 2 aromatic rings. The Balaban J connectivity index is 1.88. The van der Waals surface area contributed by atoms with Gasteiger partial charge in [-0.15, -0.1) is 0 Å². The predicted octanol–water partition coefficient (Wildman–Crippen LogP) is 5.01. The van der Waals surface area contributed by atoms with E-state index in [-0.39, 0.29) is 0 Å². The van der Waals surface area contributed by atoms with Crippen molar-refractivity contribution in [2.45, 2.75) is 19.3 Å². The molecule has 112 valence electrons. The molecule has 4 heteroatoms. The highest BCUT2D eigenvalue weighted by Gasteiger charge is 2.24. The number of piperidine rings is 1. The van der Waals surface area contributed by atoms with Gasteiger partial charge in [-0.3, -0.25) is 0 Å².